The van der Waals surface area contributed by atoms with Gasteiger partial charge in [-0.25, -0.2) is 4.98 Å². The van der Waals surface area contributed by atoms with Crippen molar-refractivity contribution < 1.29 is 19.1 Å². The van der Waals surface area contributed by atoms with Crippen LogP contribution in [0, 0.1) is 0 Å². The minimum atomic E-state index is -0.293. The van der Waals surface area contributed by atoms with E-state index in [0.29, 0.717) is 28.7 Å². The van der Waals surface area contributed by atoms with Crippen LogP contribution in [0.15, 0.2) is 18.2 Å². The summed E-state index contributed by atoms with van der Waals surface area (Å²) in [5.41, 5.74) is 1.22. The van der Waals surface area contributed by atoms with Gasteiger partial charge in [-0.15, -0.1) is 11.3 Å². The Morgan fingerprint density at radius 1 is 1.06 bits per heavy atom. The van der Waals surface area contributed by atoms with Gasteiger partial charge in [-0.2, -0.15) is 0 Å². The van der Waals surface area contributed by atoms with E-state index in [1.807, 2.05) is 0 Å². The first-order valence-corrected chi connectivity index (χ1v) is 12.2. The number of fused-ring (bicyclic) bond motifs is 1. The molecule has 174 valence electrons. The summed E-state index contributed by atoms with van der Waals surface area (Å²) >= 11 is 1.44. The van der Waals surface area contributed by atoms with Gasteiger partial charge in [-0.05, 0) is 31.4 Å². The molecule has 2 N–H and O–H groups in total. The van der Waals surface area contributed by atoms with Gasteiger partial charge in [0.25, 0.3) is 5.91 Å². The van der Waals surface area contributed by atoms with Gasteiger partial charge < -0.3 is 14.8 Å². The smallest absolute Gasteiger partial charge is 0.257 e. The number of anilines is 1. The molecule has 1 atom stereocenters. The second-order valence-electron chi connectivity index (χ2n) is 8.03. The number of nitrogens with one attached hydrogen (secondary N) is 2. The Kier molecular flexibility index (Phi) is 8.90. The van der Waals surface area contributed by atoms with E-state index in [-0.39, 0.29) is 17.7 Å². The first-order valence-electron chi connectivity index (χ1n) is 11.4. The number of carbonyl (C=O) groups excluding carboxylic acids is 2. The van der Waals surface area contributed by atoms with Crippen molar-refractivity contribution >= 4 is 28.3 Å². The average molecular weight is 460 g/mol. The lowest BCUT2D eigenvalue weighted by Crippen LogP contribution is -2.29. The van der Waals surface area contributed by atoms with Crippen molar-refractivity contribution in [3.8, 4) is 11.5 Å². The van der Waals surface area contributed by atoms with Crippen LogP contribution in [0.1, 0.15) is 78.7 Å². The molecule has 1 aromatic carbocycles. The summed E-state index contributed by atoms with van der Waals surface area (Å²) < 4.78 is 10.5. The predicted octanol–water partition coefficient (Wildman–Crippen LogP) is 4.92. The molecule has 0 spiro atoms. The SMILES string of the molecule is CCCCCCCCNC(=O)C1CCc2sc(NC(=O)c3cc(OC)cc(OC)c3)nc21. The fourth-order valence-corrected chi connectivity index (χ4v) is 4.92. The summed E-state index contributed by atoms with van der Waals surface area (Å²) in [6.45, 7) is 2.92. The summed E-state index contributed by atoms with van der Waals surface area (Å²) in [6, 6.07) is 5.01. The maximum Gasteiger partial charge on any atom is 0.257 e. The number of hydrogen-bond donors (Lipinski definition) is 2. The lowest BCUT2D eigenvalue weighted by Gasteiger charge is -2.11. The third-order valence-electron chi connectivity index (χ3n) is 5.70. The van der Waals surface area contributed by atoms with Crippen molar-refractivity contribution in [3.63, 3.8) is 0 Å². The number of methoxy groups -OCH3 is 2. The molecular formula is C24H33N3O4S. The molecule has 1 aliphatic carbocycles. The molecule has 0 aliphatic heterocycles. The van der Waals surface area contributed by atoms with Crippen molar-refractivity contribution in [3.05, 3.63) is 34.3 Å². The largest absolute Gasteiger partial charge is 0.497 e. The van der Waals surface area contributed by atoms with Crippen LogP contribution in [0.3, 0.4) is 0 Å². The zero-order chi connectivity index (χ0) is 22.9. The van der Waals surface area contributed by atoms with Gasteiger partial charge in [0, 0.05) is 23.1 Å². The van der Waals surface area contributed by atoms with E-state index in [1.165, 1.54) is 37.0 Å². The molecule has 1 heterocycles. The highest BCUT2D eigenvalue weighted by molar-refractivity contribution is 7.16. The molecule has 1 unspecified atom stereocenters. The molecule has 1 aliphatic rings. The minimum absolute atomic E-state index is 0.0398. The van der Waals surface area contributed by atoms with E-state index >= 15 is 0 Å². The molecule has 32 heavy (non-hydrogen) atoms. The quantitative estimate of drug-likeness (QED) is 0.440. The third-order valence-corrected chi connectivity index (χ3v) is 6.74. The fraction of sp³-hybridized carbons (Fsp3) is 0.542. The Hall–Kier alpha value is -2.61. The van der Waals surface area contributed by atoms with E-state index in [1.54, 1.807) is 32.4 Å². The maximum atomic E-state index is 12.7. The normalized spacial score (nSPS) is 14.7. The van der Waals surface area contributed by atoms with Crippen molar-refractivity contribution in [1.82, 2.24) is 10.3 Å². The van der Waals surface area contributed by atoms with E-state index < -0.39 is 0 Å². The van der Waals surface area contributed by atoms with Crippen LogP contribution in [-0.2, 0) is 11.2 Å². The van der Waals surface area contributed by atoms with Crippen LogP contribution in [0.5, 0.6) is 11.5 Å². The summed E-state index contributed by atoms with van der Waals surface area (Å²) in [6.07, 6.45) is 8.77. The van der Waals surface area contributed by atoms with Crippen LogP contribution in [0.4, 0.5) is 5.13 Å². The number of rotatable bonds is 12. The summed E-state index contributed by atoms with van der Waals surface area (Å²) in [5.74, 6) is 0.595. The fourth-order valence-electron chi connectivity index (χ4n) is 3.88. The second-order valence-corrected chi connectivity index (χ2v) is 9.12. The zero-order valence-electron chi connectivity index (χ0n) is 19.2. The Labute approximate surface area is 193 Å². The molecule has 0 saturated carbocycles. The van der Waals surface area contributed by atoms with Crippen LogP contribution in [0.25, 0.3) is 0 Å². The topological polar surface area (TPSA) is 89.6 Å². The van der Waals surface area contributed by atoms with Crippen molar-refractivity contribution in [1.29, 1.82) is 0 Å². The number of amides is 2. The standard InChI is InChI=1S/C24H33N3O4S/c1-4-5-6-7-8-9-12-25-23(29)19-10-11-20-21(19)26-24(32-20)27-22(28)16-13-17(30-2)15-18(14-16)31-3/h13-15,19H,4-12H2,1-3H3,(H,25,29)(H,26,27,28). The Balaban J connectivity index is 1.55. The molecule has 3 rings (SSSR count). The zero-order valence-corrected chi connectivity index (χ0v) is 20.0. The van der Waals surface area contributed by atoms with E-state index in [2.05, 4.69) is 22.5 Å². The summed E-state index contributed by atoms with van der Waals surface area (Å²) in [7, 11) is 3.08. The molecule has 0 radical (unpaired) electrons. The molecule has 2 aromatic rings. The first-order chi connectivity index (χ1) is 15.5. The average Bonchev–Trinajstić information content (AvgIpc) is 3.38. The van der Waals surface area contributed by atoms with Crippen LogP contribution >= 0.6 is 11.3 Å². The van der Waals surface area contributed by atoms with Gasteiger partial charge in [-0.3, -0.25) is 14.9 Å². The number of aryl methyl sites for hydroxylation is 1. The third kappa shape index (κ3) is 6.22. The van der Waals surface area contributed by atoms with Crippen molar-refractivity contribution in [2.75, 3.05) is 26.1 Å². The number of nitrogens with zero attached hydrogens (tertiary/aromatic N) is 1. The van der Waals surface area contributed by atoms with Crippen LogP contribution < -0.4 is 20.1 Å². The second kappa shape index (κ2) is 11.9. The highest BCUT2D eigenvalue weighted by Gasteiger charge is 2.32. The Bertz CT molecular complexity index is 906. The summed E-state index contributed by atoms with van der Waals surface area (Å²) in [5, 5.41) is 6.43. The molecule has 0 saturated heterocycles. The van der Waals surface area contributed by atoms with Crippen LogP contribution in [-0.4, -0.2) is 37.6 Å². The van der Waals surface area contributed by atoms with E-state index in [9.17, 15) is 9.59 Å². The number of carbonyl (C=O) groups is 2. The van der Waals surface area contributed by atoms with Gasteiger partial charge in [0.1, 0.15) is 11.5 Å². The molecular weight excluding hydrogens is 426 g/mol. The minimum Gasteiger partial charge on any atom is -0.497 e. The molecule has 1 aromatic heterocycles. The number of benzene rings is 1. The van der Waals surface area contributed by atoms with Gasteiger partial charge in [0.15, 0.2) is 5.13 Å². The van der Waals surface area contributed by atoms with Gasteiger partial charge in [0.2, 0.25) is 5.91 Å². The van der Waals surface area contributed by atoms with Gasteiger partial charge in [-0.1, -0.05) is 39.0 Å². The van der Waals surface area contributed by atoms with Crippen molar-refractivity contribution in [2.24, 2.45) is 0 Å². The lowest BCUT2D eigenvalue weighted by atomic mass is 10.1. The van der Waals surface area contributed by atoms with E-state index in [4.69, 9.17) is 9.47 Å². The van der Waals surface area contributed by atoms with Crippen LogP contribution in [0.2, 0.25) is 0 Å². The number of ether oxygens (including phenoxy) is 2. The number of aromatic nitrogens is 1. The maximum absolute atomic E-state index is 12.7. The molecule has 8 heteroatoms. The summed E-state index contributed by atoms with van der Waals surface area (Å²) in [4.78, 5) is 31.1. The molecule has 2 amide bonds. The molecule has 7 nitrogen and oxygen atoms in total. The highest BCUT2D eigenvalue weighted by Crippen LogP contribution is 2.38. The predicted molar refractivity (Wildman–Crippen MR) is 127 cm³/mol. The number of unbranched alkanes of at least 4 members (excludes halogenated alkanes) is 5. The monoisotopic (exact) mass is 459 g/mol. The first kappa shape index (κ1) is 24.0. The Morgan fingerprint density at radius 3 is 2.44 bits per heavy atom. The molecule has 0 fully saturated rings. The highest BCUT2D eigenvalue weighted by atomic mass is 32.1. The van der Waals surface area contributed by atoms with Gasteiger partial charge in [0.05, 0.1) is 25.8 Å². The number of hydrogen-bond acceptors (Lipinski definition) is 6. The lowest BCUT2D eigenvalue weighted by molar-refractivity contribution is -0.122. The molecule has 0 bridgehead atoms. The van der Waals surface area contributed by atoms with E-state index in [0.717, 1.165) is 36.3 Å². The van der Waals surface area contributed by atoms with Gasteiger partial charge >= 0.3 is 0 Å². The Morgan fingerprint density at radius 2 is 1.75 bits per heavy atom. The number of thiazole rings is 1. The van der Waals surface area contributed by atoms with Crippen molar-refractivity contribution in [2.45, 2.75) is 64.2 Å².